The lowest BCUT2D eigenvalue weighted by molar-refractivity contribution is -0.145. The molecule has 1 heterocycles. The van der Waals surface area contributed by atoms with Crippen LogP contribution in [-0.4, -0.2) is 37.6 Å². The van der Waals surface area contributed by atoms with Gasteiger partial charge in [0.1, 0.15) is 5.75 Å². The normalized spacial score (nSPS) is 11.9. The number of rotatable bonds is 13. The number of pyridine rings is 1. The minimum Gasteiger partial charge on any atom is -0.493 e. The molecule has 0 aliphatic carbocycles. The maximum Gasteiger partial charge on any atom is 0.391 e. The van der Waals surface area contributed by atoms with Crippen molar-refractivity contribution in [2.75, 3.05) is 26.4 Å². The molecular weight excluding hydrogens is 383 g/mol. The molecule has 0 saturated heterocycles. The molecule has 0 fully saturated rings. The number of aromatic nitrogens is 1. The van der Waals surface area contributed by atoms with Gasteiger partial charge in [-0.2, -0.15) is 13.2 Å². The van der Waals surface area contributed by atoms with E-state index in [0.717, 1.165) is 47.2 Å². The Labute approximate surface area is 170 Å². The molecule has 0 unspecified atom stereocenters. The summed E-state index contributed by atoms with van der Waals surface area (Å²) in [4.78, 5) is 4.71. The smallest absolute Gasteiger partial charge is 0.391 e. The Kier molecular flexibility index (Phi) is 9.67. The average molecular weight is 413 g/mol. The number of benzene rings is 1. The van der Waals surface area contributed by atoms with Crippen LogP contribution < -0.4 is 4.74 Å². The van der Waals surface area contributed by atoms with Gasteiger partial charge < -0.3 is 14.2 Å². The molecule has 1 aromatic carbocycles. The van der Waals surface area contributed by atoms with E-state index in [9.17, 15) is 13.2 Å². The molecule has 162 valence electrons. The zero-order valence-electron chi connectivity index (χ0n) is 17.2. The van der Waals surface area contributed by atoms with Gasteiger partial charge in [-0.1, -0.05) is 25.5 Å². The van der Waals surface area contributed by atoms with Crippen LogP contribution in [0.15, 0.2) is 24.3 Å². The molecule has 0 bridgehead atoms. The van der Waals surface area contributed by atoms with Crippen LogP contribution in [0.5, 0.6) is 5.75 Å². The third-order valence-electron chi connectivity index (χ3n) is 4.52. The Balaban J connectivity index is 1.81. The summed E-state index contributed by atoms with van der Waals surface area (Å²) in [5.74, 6) is 0.862. The molecule has 2 aromatic rings. The van der Waals surface area contributed by atoms with Gasteiger partial charge in [0.05, 0.1) is 37.5 Å². The van der Waals surface area contributed by atoms with E-state index in [0.29, 0.717) is 32.8 Å². The number of hydrogen-bond donors (Lipinski definition) is 0. The van der Waals surface area contributed by atoms with Gasteiger partial charge in [0.2, 0.25) is 0 Å². The van der Waals surface area contributed by atoms with E-state index in [2.05, 4.69) is 6.92 Å². The van der Waals surface area contributed by atoms with Crippen molar-refractivity contribution in [2.45, 2.75) is 58.7 Å². The zero-order valence-corrected chi connectivity index (χ0v) is 17.2. The Morgan fingerprint density at radius 1 is 0.931 bits per heavy atom. The summed E-state index contributed by atoms with van der Waals surface area (Å²) in [6, 6.07) is 7.90. The van der Waals surface area contributed by atoms with Crippen molar-refractivity contribution in [1.29, 1.82) is 0 Å². The molecule has 0 radical (unpaired) electrons. The molecule has 0 aliphatic heterocycles. The summed E-state index contributed by atoms with van der Waals surface area (Å²) in [6.07, 6.45) is -1.62. The molecule has 2 rings (SSSR count). The maximum atomic E-state index is 12.0. The molecule has 0 saturated carbocycles. The molecular formula is C22H30F3NO3. The van der Waals surface area contributed by atoms with E-state index < -0.39 is 12.6 Å². The predicted octanol–water partition coefficient (Wildman–Crippen LogP) is 5.99. The van der Waals surface area contributed by atoms with Crippen LogP contribution in [0.1, 0.15) is 50.3 Å². The average Bonchev–Trinajstić information content (AvgIpc) is 2.68. The quantitative estimate of drug-likeness (QED) is 0.378. The SMILES string of the molecule is CCCCOc1c(C)c(COCCCCOCCC(F)(F)F)nc2ccccc12. The first kappa shape index (κ1) is 23.4. The fourth-order valence-electron chi connectivity index (χ4n) is 2.84. The van der Waals surface area contributed by atoms with Crippen molar-refractivity contribution in [3.63, 3.8) is 0 Å². The van der Waals surface area contributed by atoms with Gasteiger partial charge in [-0.05, 0) is 38.3 Å². The van der Waals surface area contributed by atoms with Crippen molar-refractivity contribution in [1.82, 2.24) is 4.98 Å². The highest BCUT2D eigenvalue weighted by atomic mass is 19.4. The van der Waals surface area contributed by atoms with Crippen LogP contribution in [0.25, 0.3) is 10.9 Å². The molecule has 4 nitrogen and oxygen atoms in total. The second-order valence-electron chi connectivity index (χ2n) is 6.97. The number of hydrogen-bond acceptors (Lipinski definition) is 4. The van der Waals surface area contributed by atoms with E-state index in [1.807, 2.05) is 31.2 Å². The summed E-state index contributed by atoms with van der Waals surface area (Å²) in [6.45, 7) is 5.68. The third kappa shape index (κ3) is 8.19. The monoisotopic (exact) mass is 413 g/mol. The van der Waals surface area contributed by atoms with E-state index in [1.165, 1.54) is 0 Å². The molecule has 0 atom stereocenters. The molecule has 1 aromatic heterocycles. The van der Waals surface area contributed by atoms with Crippen molar-refractivity contribution >= 4 is 10.9 Å². The van der Waals surface area contributed by atoms with Crippen LogP contribution in [0, 0.1) is 6.92 Å². The second-order valence-corrected chi connectivity index (χ2v) is 6.97. The number of ether oxygens (including phenoxy) is 3. The van der Waals surface area contributed by atoms with Crippen molar-refractivity contribution < 1.29 is 27.4 Å². The summed E-state index contributed by atoms with van der Waals surface area (Å²) >= 11 is 0. The Bertz CT molecular complexity index is 750. The number of alkyl halides is 3. The lowest BCUT2D eigenvalue weighted by Crippen LogP contribution is -2.12. The van der Waals surface area contributed by atoms with E-state index in [-0.39, 0.29) is 6.61 Å². The van der Waals surface area contributed by atoms with Gasteiger partial charge >= 0.3 is 6.18 Å². The Morgan fingerprint density at radius 3 is 2.38 bits per heavy atom. The summed E-state index contributed by atoms with van der Waals surface area (Å²) in [7, 11) is 0. The molecule has 0 aliphatic rings. The van der Waals surface area contributed by atoms with Gasteiger partial charge in [0, 0.05) is 24.2 Å². The lowest BCUT2D eigenvalue weighted by atomic mass is 10.1. The van der Waals surface area contributed by atoms with Crippen LogP contribution in [-0.2, 0) is 16.1 Å². The topological polar surface area (TPSA) is 40.6 Å². The number of fused-ring (bicyclic) bond motifs is 1. The van der Waals surface area contributed by atoms with Crippen LogP contribution in [0.2, 0.25) is 0 Å². The highest BCUT2D eigenvalue weighted by Gasteiger charge is 2.26. The van der Waals surface area contributed by atoms with Crippen molar-refractivity contribution in [3.8, 4) is 5.75 Å². The van der Waals surface area contributed by atoms with E-state index >= 15 is 0 Å². The van der Waals surface area contributed by atoms with E-state index in [4.69, 9.17) is 19.2 Å². The summed E-state index contributed by atoms with van der Waals surface area (Å²) < 4.78 is 52.9. The van der Waals surface area contributed by atoms with Gasteiger partial charge in [0.25, 0.3) is 0 Å². The predicted molar refractivity (Wildman–Crippen MR) is 107 cm³/mol. The third-order valence-corrected chi connectivity index (χ3v) is 4.52. The Morgan fingerprint density at radius 2 is 1.66 bits per heavy atom. The van der Waals surface area contributed by atoms with Crippen molar-refractivity contribution in [2.24, 2.45) is 0 Å². The molecule has 7 heteroatoms. The first-order valence-corrected chi connectivity index (χ1v) is 10.2. The molecule has 0 spiro atoms. The van der Waals surface area contributed by atoms with Crippen molar-refractivity contribution in [3.05, 3.63) is 35.5 Å². The highest BCUT2D eigenvalue weighted by Crippen LogP contribution is 2.31. The standard InChI is InChI=1S/C22H30F3NO3/c1-3-4-14-29-21-17(2)20(26-19-10-6-5-9-18(19)21)16-28-13-8-7-12-27-15-11-22(23,24)25/h5-6,9-10H,3-4,7-8,11-16H2,1-2H3. The first-order valence-electron chi connectivity index (χ1n) is 10.2. The van der Waals surface area contributed by atoms with Gasteiger partial charge in [-0.15, -0.1) is 0 Å². The molecule has 29 heavy (non-hydrogen) atoms. The Hall–Kier alpha value is -1.86. The van der Waals surface area contributed by atoms with Gasteiger partial charge in [-0.3, -0.25) is 0 Å². The fraction of sp³-hybridized carbons (Fsp3) is 0.591. The number of unbranched alkanes of at least 4 members (excludes halogenated alkanes) is 2. The first-order chi connectivity index (χ1) is 13.9. The number of para-hydroxylation sites is 1. The second kappa shape index (κ2) is 12.0. The summed E-state index contributed by atoms with van der Waals surface area (Å²) in [5.41, 5.74) is 2.70. The molecule has 0 amide bonds. The molecule has 0 N–H and O–H groups in total. The number of halogens is 3. The van der Waals surface area contributed by atoms with Gasteiger partial charge in [0.15, 0.2) is 0 Å². The fourth-order valence-corrected chi connectivity index (χ4v) is 2.84. The number of nitrogens with zero attached hydrogens (tertiary/aromatic N) is 1. The van der Waals surface area contributed by atoms with E-state index in [1.54, 1.807) is 0 Å². The maximum absolute atomic E-state index is 12.0. The minimum absolute atomic E-state index is 0.286. The summed E-state index contributed by atoms with van der Waals surface area (Å²) in [5, 5.41) is 1.00. The lowest BCUT2D eigenvalue weighted by Gasteiger charge is -2.15. The minimum atomic E-state index is -4.16. The largest absolute Gasteiger partial charge is 0.493 e. The van der Waals surface area contributed by atoms with Gasteiger partial charge in [-0.25, -0.2) is 4.98 Å². The zero-order chi connectivity index (χ0) is 21.1. The van der Waals surface area contributed by atoms with Crippen LogP contribution in [0.4, 0.5) is 13.2 Å². The van der Waals surface area contributed by atoms with Crippen LogP contribution >= 0.6 is 0 Å². The highest BCUT2D eigenvalue weighted by molar-refractivity contribution is 5.86. The van der Waals surface area contributed by atoms with Crippen LogP contribution in [0.3, 0.4) is 0 Å².